The molecule has 102 valence electrons. The summed E-state index contributed by atoms with van der Waals surface area (Å²) < 4.78 is 10.9. The molecule has 0 aromatic carbocycles. The van der Waals surface area contributed by atoms with E-state index in [-0.39, 0.29) is 0 Å². The van der Waals surface area contributed by atoms with Crippen LogP contribution in [0, 0.1) is 5.92 Å². The van der Waals surface area contributed by atoms with Crippen molar-refractivity contribution in [3.05, 3.63) is 23.7 Å². The third-order valence-corrected chi connectivity index (χ3v) is 3.56. The molecule has 0 spiro atoms. The molecule has 2 aromatic rings. The van der Waals surface area contributed by atoms with Gasteiger partial charge < -0.3 is 14.3 Å². The van der Waals surface area contributed by atoms with Gasteiger partial charge in [0.1, 0.15) is 5.76 Å². The van der Waals surface area contributed by atoms with E-state index in [9.17, 15) is 0 Å². The van der Waals surface area contributed by atoms with Gasteiger partial charge in [-0.05, 0) is 44.0 Å². The van der Waals surface area contributed by atoms with Crippen LogP contribution in [0.5, 0.6) is 0 Å². The van der Waals surface area contributed by atoms with Crippen LogP contribution in [0.3, 0.4) is 0 Å². The second kappa shape index (κ2) is 5.57. The van der Waals surface area contributed by atoms with Crippen molar-refractivity contribution in [3.8, 4) is 11.7 Å². The third-order valence-electron chi connectivity index (χ3n) is 3.56. The van der Waals surface area contributed by atoms with E-state index in [0.717, 1.165) is 37.5 Å². The van der Waals surface area contributed by atoms with E-state index in [2.05, 4.69) is 22.4 Å². The lowest BCUT2D eigenvalue weighted by atomic mass is 9.96. The maximum Gasteiger partial charge on any atom is 0.293 e. The van der Waals surface area contributed by atoms with Gasteiger partial charge in [-0.1, -0.05) is 12.1 Å². The maximum absolute atomic E-state index is 5.61. The summed E-state index contributed by atoms with van der Waals surface area (Å²) in [6, 6.07) is 3.84. The molecule has 5 heteroatoms. The molecule has 0 saturated carbocycles. The van der Waals surface area contributed by atoms with E-state index in [4.69, 9.17) is 8.94 Å². The lowest BCUT2D eigenvalue weighted by Gasteiger charge is -2.20. The smallest absolute Gasteiger partial charge is 0.293 e. The van der Waals surface area contributed by atoms with Gasteiger partial charge in [-0.3, -0.25) is 0 Å². The maximum atomic E-state index is 5.61. The molecule has 5 nitrogen and oxygen atoms in total. The predicted octanol–water partition coefficient (Wildman–Crippen LogP) is 2.43. The van der Waals surface area contributed by atoms with Crippen LogP contribution in [0.25, 0.3) is 11.7 Å². The molecule has 1 unspecified atom stereocenters. The summed E-state index contributed by atoms with van der Waals surface area (Å²) >= 11 is 0. The lowest BCUT2D eigenvalue weighted by Crippen LogP contribution is -2.31. The van der Waals surface area contributed by atoms with E-state index in [1.165, 1.54) is 12.8 Å². The van der Waals surface area contributed by atoms with Crippen molar-refractivity contribution in [3.63, 3.8) is 0 Å². The van der Waals surface area contributed by atoms with Crippen LogP contribution in [0.15, 0.2) is 21.1 Å². The summed E-state index contributed by atoms with van der Waals surface area (Å²) in [5.41, 5.74) is 0. The SMILES string of the molecule is CCc1ccc(-c2nc(CC3CCCNC3)no2)o1. The van der Waals surface area contributed by atoms with Gasteiger partial charge in [-0.25, -0.2) is 0 Å². The van der Waals surface area contributed by atoms with Gasteiger partial charge >= 0.3 is 0 Å². The number of hydrogen-bond donors (Lipinski definition) is 1. The Morgan fingerprint density at radius 3 is 3.11 bits per heavy atom. The van der Waals surface area contributed by atoms with E-state index >= 15 is 0 Å². The molecule has 0 aliphatic carbocycles. The summed E-state index contributed by atoms with van der Waals surface area (Å²) in [6.45, 7) is 4.22. The van der Waals surface area contributed by atoms with Crippen molar-refractivity contribution in [1.82, 2.24) is 15.5 Å². The second-order valence-corrected chi connectivity index (χ2v) is 5.05. The number of aryl methyl sites for hydroxylation is 1. The first kappa shape index (κ1) is 12.4. The highest BCUT2D eigenvalue weighted by Crippen LogP contribution is 2.22. The highest BCUT2D eigenvalue weighted by Gasteiger charge is 2.18. The molecule has 3 rings (SSSR count). The van der Waals surface area contributed by atoms with Crippen LogP contribution in [0.4, 0.5) is 0 Å². The number of nitrogens with zero attached hydrogens (tertiary/aromatic N) is 2. The number of rotatable bonds is 4. The van der Waals surface area contributed by atoms with Crippen molar-refractivity contribution in [2.45, 2.75) is 32.6 Å². The molecule has 0 bridgehead atoms. The highest BCUT2D eigenvalue weighted by molar-refractivity contribution is 5.44. The average Bonchev–Trinajstić information content (AvgIpc) is 3.08. The zero-order valence-electron chi connectivity index (χ0n) is 11.2. The Morgan fingerprint density at radius 2 is 2.37 bits per heavy atom. The van der Waals surface area contributed by atoms with E-state index in [1.54, 1.807) is 0 Å². The van der Waals surface area contributed by atoms with Crippen molar-refractivity contribution < 1.29 is 8.94 Å². The van der Waals surface area contributed by atoms with Crippen molar-refractivity contribution in [2.75, 3.05) is 13.1 Å². The van der Waals surface area contributed by atoms with Crippen LogP contribution in [-0.4, -0.2) is 23.2 Å². The number of aromatic nitrogens is 2. The fourth-order valence-corrected chi connectivity index (χ4v) is 2.48. The highest BCUT2D eigenvalue weighted by atomic mass is 16.5. The van der Waals surface area contributed by atoms with Gasteiger partial charge in [0.2, 0.25) is 0 Å². The molecule has 0 amide bonds. The first-order valence-corrected chi connectivity index (χ1v) is 6.97. The summed E-state index contributed by atoms with van der Waals surface area (Å²) in [7, 11) is 0. The van der Waals surface area contributed by atoms with Gasteiger partial charge in [-0.2, -0.15) is 4.98 Å². The van der Waals surface area contributed by atoms with Crippen molar-refractivity contribution in [1.29, 1.82) is 0 Å². The monoisotopic (exact) mass is 261 g/mol. The predicted molar refractivity (Wildman–Crippen MR) is 70.7 cm³/mol. The standard InChI is InChI=1S/C14H19N3O2/c1-2-11-5-6-12(18-11)14-16-13(17-19-14)8-10-4-3-7-15-9-10/h5-6,10,15H,2-4,7-9H2,1H3. The number of furan rings is 1. The van der Waals surface area contributed by atoms with Crippen LogP contribution in [-0.2, 0) is 12.8 Å². The van der Waals surface area contributed by atoms with Crippen molar-refractivity contribution >= 4 is 0 Å². The number of nitrogens with one attached hydrogen (secondary N) is 1. The molecular weight excluding hydrogens is 242 g/mol. The summed E-state index contributed by atoms with van der Waals surface area (Å²) in [5.74, 6) is 3.47. The molecule has 1 aliphatic rings. The number of hydrogen-bond acceptors (Lipinski definition) is 5. The van der Waals surface area contributed by atoms with Gasteiger partial charge in [0, 0.05) is 12.8 Å². The van der Waals surface area contributed by atoms with Gasteiger partial charge in [0.25, 0.3) is 5.89 Å². The topological polar surface area (TPSA) is 64.1 Å². The molecule has 1 aliphatic heterocycles. The fraction of sp³-hybridized carbons (Fsp3) is 0.571. The summed E-state index contributed by atoms with van der Waals surface area (Å²) in [6.07, 6.45) is 4.21. The van der Waals surface area contributed by atoms with Crippen LogP contribution in [0.1, 0.15) is 31.4 Å². The van der Waals surface area contributed by atoms with E-state index < -0.39 is 0 Å². The largest absolute Gasteiger partial charge is 0.456 e. The molecule has 2 aromatic heterocycles. The summed E-state index contributed by atoms with van der Waals surface area (Å²) in [4.78, 5) is 4.42. The Hall–Kier alpha value is -1.62. The minimum atomic E-state index is 0.485. The average molecular weight is 261 g/mol. The molecule has 3 heterocycles. The lowest BCUT2D eigenvalue weighted by molar-refractivity contribution is 0.358. The second-order valence-electron chi connectivity index (χ2n) is 5.05. The third kappa shape index (κ3) is 2.87. The van der Waals surface area contributed by atoms with Gasteiger partial charge in [-0.15, -0.1) is 0 Å². The first-order valence-electron chi connectivity index (χ1n) is 6.97. The zero-order chi connectivity index (χ0) is 13.1. The van der Waals surface area contributed by atoms with Gasteiger partial charge in [0.15, 0.2) is 11.6 Å². The normalized spacial score (nSPS) is 19.7. The quantitative estimate of drug-likeness (QED) is 0.915. The molecule has 0 radical (unpaired) electrons. The summed E-state index contributed by atoms with van der Waals surface area (Å²) in [5, 5.41) is 7.45. The Labute approximate surface area is 112 Å². The Balaban J connectivity index is 1.68. The Morgan fingerprint density at radius 1 is 1.42 bits per heavy atom. The van der Waals surface area contributed by atoms with E-state index in [0.29, 0.717) is 17.6 Å². The van der Waals surface area contributed by atoms with Crippen LogP contribution in [0.2, 0.25) is 0 Å². The number of piperidine rings is 1. The van der Waals surface area contributed by atoms with Crippen molar-refractivity contribution in [2.24, 2.45) is 5.92 Å². The van der Waals surface area contributed by atoms with Gasteiger partial charge in [0.05, 0.1) is 0 Å². The molecule has 1 atom stereocenters. The Kier molecular flexibility index (Phi) is 3.64. The molecular formula is C14H19N3O2. The minimum Gasteiger partial charge on any atom is -0.456 e. The Bertz CT molecular complexity index is 526. The molecule has 1 saturated heterocycles. The first-order chi connectivity index (χ1) is 9.35. The molecule has 19 heavy (non-hydrogen) atoms. The minimum absolute atomic E-state index is 0.485. The molecule has 1 N–H and O–H groups in total. The fourth-order valence-electron chi connectivity index (χ4n) is 2.48. The zero-order valence-corrected chi connectivity index (χ0v) is 11.2. The molecule has 1 fully saturated rings. The van der Waals surface area contributed by atoms with E-state index in [1.807, 2.05) is 12.1 Å². The van der Waals surface area contributed by atoms with Crippen LogP contribution < -0.4 is 5.32 Å². The van der Waals surface area contributed by atoms with Crippen LogP contribution >= 0.6 is 0 Å².